The number of rotatable bonds is 3. The summed E-state index contributed by atoms with van der Waals surface area (Å²) >= 11 is 1.83. The number of hydrogen-bond acceptors (Lipinski definition) is 3. The highest BCUT2D eigenvalue weighted by molar-refractivity contribution is 7.09. The largest absolute Gasteiger partial charge is 0.359 e. The van der Waals surface area contributed by atoms with E-state index < -0.39 is 0 Å². The molecule has 104 valence electrons. The van der Waals surface area contributed by atoms with Gasteiger partial charge in [0, 0.05) is 30.9 Å². The third kappa shape index (κ3) is 2.43. The minimum absolute atomic E-state index is 0.242. The molecule has 0 radical (unpaired) electrons. The van der Waals surface area contributed by atoms with E-state index >= 15 is 0 Å². The summed E-state index contributed by atoms with van der Waals surface area (Å²) in [7, 11) is 1.77. The van der Waals surface area contributed by atoms with Gasteiger partial charge in [0.25, 0.3) is 0 Å². The van der Waals surface area contributed by atoms with Gasteiger partial charge in [0.15, 0.2) is 0 Å². The molecule has 1 N–H and O–H groups in total. The van der Waals surface area contributed by atoms with Gasteiger partial charge in [0.2, 0.25) is 5.91 Å². The zero-order valence-electron chi connectivity index (χ0n) is 11.5. The molecule has 1 aromatic rings. The molecule has 2 unspecified atom stereocenters. The summed E-state index contributed by atoms with van der Waals surface area (Å²) in [6.07, 6.45) is 4.71. The summed E-state index contributed by atoms with van der Waals surface area (Å²) in [5, 5.41) is 5.01. The molecule has 2 atom stereocenters. The first-order valence-corrected chi connectivity index (χ1v) is 8.08. The SMILES string of the molecule is CNC(=O)C1CCCC12CCN(Cc1cccs1)C2. The van der Waals surface area contributed by atoms with Crippen LogP contribution in [0.5, 0.6) is 0 Å². The van der Waals surface area contributed by atoms with Crippen LogP contribution in [0.3, 0.4) is 0 Å². The fourth-order valence-electron chi connectivity index (χ4n) is 3.95. The van der Waals surface area contributed by atoms with E-state index in [-0.39, 0.29) is 17.2 Å². The van der Waals surface area contributed by atoms with E-state index in [2.05, 4.69) is 27.7 Å². The maximum Gasteiger partial charge on any atom is 0.223 e. The van der Waals surface area contributed by atoms with Gasteiger partial charge in [0.1, 0.15) is 0 Å². The van der Waals surface area contributed by atoms with Crippen molar-refractivity contribution in [2.45, 2.75) is 32.2 Å². The number of nitrogens with one attached hydrogen (secondary N) is 1. The minimum Gasteiger partial charge on any atom is -0.359 e. The van der Waals surface area contributed by atoms with Gasteiger partial charge >= 0.3 is 0 Å². The normalized spacial score (nSPS) is 31.1. The average molecular weight is 278 g/mol. The van der Waals surface area contributed by atoms with Gasteiger partial charge in [-0.25, -0.2) is 0 Å². The second-order valence-electron chi connectivity index (χ2n) is 5.96. The van der Waals surface area contributed by atoms with Crippen LogP contribution in [-0.2, 0) is 11.3 Å². The lowest BCUT2D eigenvalue weighted by atomic mass is 9.76. The number of carbonyl (C=O) groups is 1. The predicted octanol–water partition coefficient (Wildman–Crippen LogP) is 2.49. The second-order valence-corrected chi connectivity index (χ2v) is 6.99. The molecular weight excluding hydrogens is 256 g/mol. The van der Waals surface area contributed by atoms with Crippen molar-refractivity contribution in [1.82, 2.24) is 10.2 Å². The fraction of sp³-hybridized carbons (Fsp3) is 0.667. The van der Waals surface area contributed by atoms with E-state index in [0.717, 1.165) is 26.1 Å². The number of hydrogen-bond donors (Lipinski definition) is 1. The van der Waals surface area contributed by atoms with E-state index in [1.54, 1.807) is 7.05 Å². The Balaban J connectivity index is 1.68. The van der Waals surface area contributed by atoms with E-state index in [0.29, 0.717) is 0 Å². The quantitative estimate of drug-likeness (QED) is 0.921. The first kappa shape index (κ1) is 13.1. The molecule has 2 fully saturated rings. The smallest absolute Gasteiger partial charge is 0.223 e. The third-order valence-electron chi connectivity index (χ3n) is 4.89. The van der Waals surface area contributed by atoms with Crippen molar-refractivity contribution in [1.29, 1.82) is 0 Å². The van der Waals surface area contributed by atoms with Crippen LogP contribution in [0.4, 0.5) is 0 Å². The number of amides is 1. The molecule has 0 bridgehead atoms. The monoisotopic (exact) mass is 278 g/mol. The molecule has 19 heavy (non-hydrogen) atoms. The molecule has 1 amide bonds. The summed E-state index contributed by atoms with van der Waals surface area (Å²) < 4.78 is 0. The van der Waals surface area contributed by atoms with Crippen molar-refractivity contribution in [2.75, 3.05) is 20.1 Å². The molecule has 2 heterocycles. The van der Waals surface area contributed by atoms with Crippen LogP contribution < -0.4 is 5.32 Å². The predicted molar refractivity (Wildman–Crippen MR) is 78.1 cm³/mol. The van der Waals surface area contributed by atoms with Gasteiger partial charge in [-0.15, -0.1) is 11.3 Å². The standard InChI is InChI=1S/C15H22N2OS/c1-16-14(18)13-5-2-6-15(13)7-8-17(11-15)10-12-4-3-9-19-12/h3-4,9,13H,2,5-8,10-11H2,1H3,(H,16,18). The molecular formula is C15H22N2OS. The lowest BCUT2D eigenvalue weighted by molar-refractivity contribution is -0.127. The Labute approximate surface area is 119 Å². The zero-order chi connectivity index (χ0) is 13.3. The van der Waals surface area contributed by atoms with Crippen molar-refractivity contribution < 1.29 is 4.79 Å². The molecule has 3 rings (SSSR count). The molecule has 1 aliphatic heterocycles. The van der Waals surface area contributed by atoms with Crippen LogP contribution >= 0.6 is 11.3 Å². The van der Waals surface area contributed by atoms with E-state index in [9.17, 15) is 4.79 Å². The molecule has 1 aromatic heterocycles. The van der Waals surface area contributed by atoms with Crippen LogP contribution in [0, 0.1) is 11.3 Å². The molecule has 1 spiro atoms. The topological polar surface area (TPSA) is 32.3 Å². The number of likely N-dealkylation sites (tertiary alicyclic amines) is 1. The molecule has 1 saturated heterocycles. The Morgan fingerprint density at radius 1 is 1.58 bits per heavy atom. The number of carbonyl (C=O) groups excluding carboxylic acids is 1. The molecule has 1 saturated carbocycles. The van der Waals surface area contributed by atoms with Crippen LogP contribution in [0.15, 0.2) is 17.5 Å². The number of nitrogens with zero attached hydrogens (tertiary/aromatic N) is 1. The summed E-state index contributed by atoms with van der Waals surface area (Å²) in [4.78, 5) is 16.0. The summed E-state index contributed by atoms with van der Waals surface area (Å²) in [6, 6.07) is 4.33. The summed E-state index contributed by atoms with van der Waals surface area (Å²) in [5.74, 6) is 0.501. The molecule has 1 aliphatic carbocycles. The highest BCUT2D eigenvalue weighted by Crippen LogP contribution is 2.50. The van der Waals surface area contributed by atoms with Crippen LogP contribution in [-0.4, -0.2) is 30.9 Å². The van der Waals surface area contributed by atoms with Gasteiger partial charge < -0.3 is 5.32 Å². The van der Waals surface area contributed by atoms with E-state index in [1.807, 2.05) is 11.3 Å². The third-order valence-corrected chi connectivity index (χ3v) is 5.75. The minimum atomic E-state index is 0.242. The Morgan fingerprint density at radius 2 is 2.47 bits per heavy atom. The van der Waals surface area contributed by atoms with Crippen molar-refractivity contribution in [3.8, 4) is 0 Å². The van der Waals surface area contributed by atoms with Crippen molar-refractivity contribution in [3.05, 3.63) is 22.4 Å². The lowest BCUT2D eigenvalue weighted by Gasteiger charge is -2.30. The van der Waals surface area contributed by atoms with Gasteiger partial charge in [-0.3, -0.25) is 9.69 Å². The van der Waals surface area contributed by atoms with Crippen molar-refractivity contribution in [3.63, 3.8) is 0 Å². The maximum atomic E-state index is 12.1. The summed E-state index contributed by atoms with van der Waals surface area (Å²) in [5.41, 5.74) is 0.261. The van der Waals surface area contributed by atoms with Gasteiger partial charge in [-0.05, 0) is 42.7 Å². The van der Waals surface area contributed by atoms with Gasteiger partial charge in [-0.2, -0.15) is 0 Å². The van der Waals surface area contributed by atoms with Crippen molar-refractivity contribution >= 4 is 17.2 Å². The lowest BCUT2D eigenvalue weighted by Crippen LogP contribution is -2.39. The second kappa shape index (κ2) is 5.25. The molecule has 2 aliphatic rings. The Morgan fingerprint density at radius 3 is 3.21 bits per heavy atom. The summed E-state index contributed by atoms with van der Waals surface area (Å²) in [6.45, 7) is 3.30. The Bertz CT molecular complexity index is 445. The molecule has 4 heteroatoms. The van der Waals surface area contributed by atoms with Crippen LogP contribution in [0.25, 0.3) is 0 Å². The van der Waals surface area contributed by atoms with Gasteiger partial charge in [-0.1, -0.05) is 12.5 Å². The Kier molecular flexibility index (Phi) is 3.63. The van der Waals surface area contributed by atoms with E-state index in [4.69, 9.17) is 0 Å². The highest BCUT2D eigenvalue weighted by atomic mass is 32.1. The number of thiophene rings is 1. The maximum absolute atomic E-state index is 12.1. The van der Waals surface area contributed by atoms with E-state index in [1.165, 1.54) is 24.1 Å². The Hall–Kier alpha value is -0.870. The van der Waals surface area contributed by atoms with Crippen molar-refractivity contribution in [2.24, 2.45) is 11.3 Å². The van der Waals surface area contributed by atoms with Gasteiger partial charge in [0.05, 0.1) is 0 Å². The first-order valence-electron chi connectivity index (χ1n) is 7.20. The van der Waals surface area contributed by atoms with Crippen LogP contribution in [0.1, 0.15) is 30.6 Å². The highest BCUT2D eigenvalue weighted by Gasteiger charge is 2.49. The average Bonchev–Trinajstić information content (AvgIpc) is 3.13. The first-order chi connectivity index (χ1) is 9.23. The molecule has 0 aromatic carbocycles. The van der Waals surface area contributed by atoms with Crippen LogP contribution in [0.2, 0.25) is 0 Å². The zero-order valence-corrected chi connectivity index (χ0v) is 12.3. The fourth-order valence-corrected chi connectivity index (χ4v) is 4.70. The molecule has 3 nitrogen and oxygen atoms in total.